The van der Waals surface area contributed by atoms with E-state index in [1.54, 1.807) is 4.31 Å². The van der Waals surface area contributed by atoms with Gasteiger partial charge < -0.3 is 14.7 Å². The van der Waals surface area contributed by atoms with Crippen molar-refractivity contribution in [3.63, 3.8) is 0 Å². The smallest absolute Gasteiger partial charge is 0.282 e. The van der Waals surface area contributed by atoms with E-state index < -0.39 is 10.2 Å². The lowest BCUT2D eigenvalue weighted by atomic mass is 9.89. The highest BCUT2D eigenvalue weighted by Crippen LogP contribution is 2.29. The van der Waals surface area contributed by atoms with Crippen molar-refractivity contribution in [3.8, 4) is 0 Å². The Bertz CT molecular complexity index is 1300. The largest absolute Gasteiger partial charge is 0.378 e. The summed E-state index contributed by atoms with van der Waals surface area (Å²) in [4.78, 5) is 8.39. The van der Waals surface area contributed by atoms with Crippen LogP contribution in [0.2, 0.25) is 0 Å². The first-order valence-electron chi connectivity index (χ1n) is 17.7. The van der Waals surface area contributed by atoms with Crippen LogP contribution in [-0.4, -0.2) is 112 Å². The average Bonchev–Trinajstić information content (AvgIpc) is 3.04. The fraction of sp³-hybridized carbons (Fsp3) is 0.667. The van der Waals surface area contributed by atoms with Crippen molar-refractivity contribution < 1.29 is 8.42 Å². The van der Waals surface area contributed by atoms with Crippen LogP contribution in [0.25, 0.3) is 0 Å². The summed E-state index contributed by atoms with van der Waals surface area (Å²) in [5, 5.41) is 0. The third kappa shape index (κ3) is 9.63. The van der Waals surface area contributed by atoms with Crippen LogP contribution in [0.5, 0.6) is 0 Å². The van der Waals surface area contributed by atoms with E-state index in [2.05, 4.69) is 89.4 Å². The van der Waals surface area contributed by atoms with Crippen LogP contribution in [0.3, 0.4) is 0 Å². The second-order valence-electron chi connectivity index (χ2n) is 13.8. The Morgan fingerprint density at radius 1 is 0.696 bits per heavy atom. The molecule has 0 bridgehead atoms. The average molecular weight is 671 g/mol. The molecule has 0 aromatic heterocycles. The molecule has 0 unspecified atom stereocenters. The topological polar surface area (TPSA) is 53.6 Å². The predicted molar refractivity (Wildman–Crippen MR) is 195 cm³/mol. The summed E-state index contributed by atoms with van der Waals surface area (Å²) in [5.41, 5.74) is 4.98. The Morgan fingerprint density at radius 2 is 1.26 bits per heavy atom. The maximum atomic E-state index is 14.2. The molecule has 2 aliphatic heterocycles. The zero-order valence-corrected chi connectivity index (χ0v) is 30.5. The summed E-state index contributed by atoms with van der Waals surface area (Å²) < 4.78 is 34.4. The third-order valence-electron chi connectivity index (χ3n) is 10.1. The maximum Gasteiger partial charge on any atom is 0.282 e. The molecular formula is C36H58N6O2S2. The first-order chi connectivity index (χ1) is 22.2. The lowest BCUT2D eigenvalue weighted by Gasteiger charge is -2.39. The zero-order valence-electron chi connectivity index (χ0n) is 28.9. The molecule has 0 N–H and O–H groups in total. The van der Waals surface area contributed by atoms with Crippen molar-refractivity contribution in [1.82, 2.24) is 17.8 Å². The number of hydrogen-bond donors (Lipinski definition) is 0. The summed E-state index contributed by atoms with van der Waals surface area (Å²) in [7, 11) is 0.602. The number of aryl methyl sites for hydroxylation is 2. The van der Waals surface area contributed by atoms with Gasteiger partial charge in [0.1, 0.15) is 0 Å². The van der Waals surface area contributed by atoms with Crippen molar-refractivity contribution in [2.75, 3.05) is 95.9 Å². The molecule has 0 spiro atoms. The summed E-state index contributed by atoms with van der Waals surface area (Å²) in [6.45, 7) is 13.1. The van der Waals surface area contributed by atoms with Crippen LogP contribution < -0.4 is 9.80 Å². The first-order valence-corrected chi connectivity index (χ1v) is 19.9. The van der Waals surface area contributed by atoms with Gasteiger partial charge in [-0.2, -0.15) is 17.0 Å². The van der Waals surface area contributed by atoms with Crippen molar-refractivity contribution in [1.29, 1.82) is 0 Å². The molecule has 2 aromatic rings. The number of hydrogen-bond acceptors (Lipinski definition) is 7. The minimum atomic E-state index is -3.54. The molecule has 8 nitrogen and oxygen atoms in total. The van der Waals surface area contributed by atoms with E-state index in [0.717, 1.165) is 71.0 Å². The fourth-order valence-electron chi connectivity index (χ4n) is 7.50. The molecule has 3 aliphatic rings. The number of piperazine rings is 1. The minimum absolute atomic E-state index is 0.533. The van der Waals surface area contributed by atoms with Crippen LogP contribution in [-0.2, 0) is 10.2 Å². The van der Waals surface area contributed by atoms with Gasteiger partial charge in [-0.3, -0.25) is 0 Å². The first kappa shape index (κ1) is 35.5. The van der Waals surface area contributed by atoms with Gasteiger partial charge >= 0.3 is 0 Å². The lowest BCUT2D eigenvalue weighted by molar-refractivity contribution is 0.185. The molecule has 2 saturated heterocycles. The normalized spacial score (nSPS) is 21.5. The van der Waals surface area contributed by atoms with Gasteiger partial charge in [0.25, 0.3) is 10.2 Å². The molecule has 2 aromatic carbocycles. The van der Waals surface area contributed by atoms with E-state index in [4.69, 9.17) is 0 Å². The van der Waals surface area contributed by atoms with Gasteiger partial charge in [0, 0.05) is 89.3 Å². The Kier molecular flexibility index (Phi) is 13.1. The molecule has 2 heterocycles. The van der Waals surface area contributed by atoms with E-state index in [9.17, 15) is 8.42 Å². The van der Waals surface area contributed by atoms with Gasteiger partial charge in [0.15, 0.2) is 0 Å². The van der Waals surface area contributed by atoms with Crippen molar-refractivity contribution in [3.05, 3.63) is 53.6 Å². The highest BCUT2D eigenvalue weighted by atomic mass is 32.2. The van der Waals surface area contributed by atoms with Gasteiger partial charge in [0.05, 0.1) is 0 Å². The highest BCUT2D eigenvalue weighted by Gasteiger charge is 2.33. The summed E-state index contributed by atoms with van der Waals surface area (Å²) in [6, 6.07) is 15.2. The van der Waals surface area contributed by atoms with Crippen LogP contribution in [0.1, 0.15) is 62.5 Å². The van der Waals surface area contributed by atoms with E-state index >= 15 is 0 Å². The predicted octanol–water partition coefficient (Wildman–Crippen LogP) is 6.11. The SMILES string of the molecule is Cc1cccc(C)c1N1CCN(S(=O)(=O)N2CCCN(CC3CCCCC3)CCCN(Sc3ccc(N(C)C)cc3)CCC2)CC1. The Morgan fingerprint density at radius 3 is 1.87 bits per heavy atom. The molecule has 1 aliphatic carbocycles. The fourth-order valence-corrected chi connectivity index (χ4v) is 10.2. The van der Waals surface area contributed by atoms with Crippen LogP contribution in [0.15, 0.2) is 47.4 Å². The number of para-hydroxylation sites is 1. The molecule has 10 heteroatoms. The zero-order chi connectivity index (χ0) is 32.5. The standard InChI is InChI=1S/C36H58N6O2S2/c1-31-12-8-13-32(2)36(31)39-26-28-42(29-27-39)46(43,44)41-24-10-21-38(30-33-14-6-5-7-15-33)20-9-22-40(23-11-25-41)45-35-18-16-34(17-19-35)37(3)4/h8,12-13,16-19,33H,5-7,9-11,14-15,20-30H2,1-4H3. The second-order valence-corrected chi connectivity index (χ2v) is 16.9. The highest BCUT2D eigenvalue weighted by molar-refractivity contribution is 7.97. The molecule has 5 rings (SSSR count). The van der Waals surface area contributed by atoms with Crippen molar-refractivity contribution in [2.45, 2.75) is 70.1 Å². The molecule has 0 radical (unpaired) electrons. The molecule has 0 amide bonds. The number of nitrogens with zero attached hydrogens (tertiary/aromatic N) is 6. The van der Waals surface area contributed by atoms with Crippen LogP contribution in [0.4, 0.5) is 11.4 Å². The van der Waals surface area contributed by atoms with E-state index in [1.807, 2.05) is 16.3 Å². The summed E-state index contributed by atoms with van der Waals surface area (Å²) in [5.74, 6) is 0.787. The molecule has 256 valence electrons. The molecule has 46 heavy (non-hydrogen) atoms. The molecule has 0 atom stereocenters. The molecular weight excluding hydrogens is 613 g/mol. The summed E-state index contributed by atoms with van der Waals surface area (Å²) >= 11 is 1.82. The quantitative estimate of drug-likeness (QED) is 0.314. The monoisotopic (exact) mass is 670 g/mol. The van der Waals surface area contributed by atoms with Crippen molar-refractivity contribution in [2.24, 2.45) is 5.92 Å². The third-order valence-corrected chi connectivity index (χ3v) is 13.2. The minimum Gasteiger partial charge on any atom is -0.378 e. The van der Waals surface area contributed by atoms with Crippen LogP contribution in [0, 0.1) is 19.8 Å². The second kappa shape index (κ2) is 17.0. The van der Waals surface area contributed by atoms with E-state index in [-0.39, 0.29) is 0 Å². The van der Waals surface area contributed by atoms with Crippen molar-refractivity contribution >= 4 is 33.5 Å². The van der Waals surface area contributed by atoms with Gasteiger partial charge in [-0.1, -0.05) is 37.5 Å². The summed E-state index contributed by atoms with van der Waals surface area (Å²) in [6.07, 6.45) is 9.65. The molecule has 3 fully saturated rings. The maximum absolute atomic E-state index is 14.2. The van der Waals surface area contributed by atoms with Gasteiger partial charge in [-0.15, -0.1) is 0 Å². The van der Waals surface area contributed by atoms with Crippen LogP contribution >= 0.6 is 11.9 Å². The Balaban J connectivity index is 1.26. The number of rotatable bonds is 8. The number of benzene rings is 2. The van der Waals surface area contributed by atoms with Gasteiger partial charge in [0.2, 0.25) is 0 Å². The lowest BCUT2D eigenvalue weighted by Crippen LogP contribution is -2.54. The van der Waals surface area contributed by atoms with E-state index in [0.29, 0.717) is 26.2 Å². The van der Waals surface area contributed by atoms with Gasteiger partial charge in [-0.25, -0.2) is 4.31 Å². The van der Waals surface area contributed by atoms with Gasteiger partial charge in [-0.05, 0) is 112 Å². The van der Waals surface area contributed by atoms with E-state index in [1.165, 1.54) is 59.5 Å². The molecule has 1 saturated carbocycles. The Labute approximate surface area is 284 Å². The Hall–Kier alpha value is -1.82. The number of anilines is 2.